The molecule has 2 aliphatic rings. The second-order valence-corrected chi connectivity index (χ2v) is 6.90. The van der Waals surface area contributed by atoms with Crippen molar-refractivity contribution in [3.63, 3.8) is 0 Å². The van der Waals surface area contributed by atoms with Gasteiger partial charge >= 0.3 is 5.97 Å². The first kappa shape index (κ1) is 16.6. The number of benzene rings is 1. The maximum atomic E-state index is 12.8. The minimum Gasteiger partial charge on any atom is -0.481 e. The highest BCUT2D eigenvalue weighted by molar-refractivity contribution is 5.88. The molecule has 2 N–H and O–H groups in total. The van der Waals surface area contributed by atoms with Gasteiger partial charge < -0.3 is 15.2 Å². The Morgan fingerprint density at radius 1 is 1.23 bits per heavy atom. The monoisotopic (exact) mass is 352 g/mol. The van der Waals surface area contributed by atoms with Crippen molar-refractivity contribution < 1.29 is 19.4 Å². The van der Waals surface area contributed by atoms with Crippen molar-refractivity contribution in [3.05, 3.63) is 48.0 Å². The summed E-state index contributed by atoms with van der Waals surface area (Å²) in [6, 6.07) is 9.46. The number of amides is 1. The molecular weight excluding hydrogens is 332 g/mol. The van der Waals surface area contributed by atoms with E-state index in [1.165, 1.54) is 0 Å². The molecule has 26 heavy (non-hydrogen) atoms. The normalized spacial score (nSPS) is 26.2. The largest absolute Gasteiger partial charge is 0.481 e. The number of carbonyl (C=O) groups excluding carboxylic acids is 1. The smallest absolute Gasteiger partial charge is 0.307 e. The van der Waals surface area contributed by atoms with Crippen molar-refractivity contribution in [1.29, 1.82) is 0 Å². The lowest BCUT2D eigenvalue weighted by Crippen LogP contribution is -2.39. The molecule has 2 bridgehead atoms. The number of aliphatic carboxylic acids is 1. The van der Waals surface area contributed by atoms with Gasteiger partial charge in [-0.15, -0.1) is 0 Å². The van der Waals surface area contributed by atoms with Crippen LogP contribution in [0.3, 0.4) is 0 Å². The number of allylic oxidation sites excluding steroid dienone is 2. The number of aromatic nitrogens is 1. The summed E-state index contributed by atoms with van der Waals surface area (Å²) >= 11 is 0. The van der Waals surface area contributed by atoms with E-state index >= 15 is 0 Å². The number of carboxylic acids is 1. The number of nitrogens with zero attached hydrogens (tertiary/aromatic N) is 1. The van der Waals surface area contributed by atoms with Crippen molar-refractivity contribution in [3.8, 4) is 5.88 Å². The SMILES string of the molecule is COc1cc(CNC(=O)[C@@H]2[C@H](C(=O)O)[C@H]3C=C[C@H]2C3)c2ccccc2n1. The van der Waals surface area contributed by atoms with E-state index in [2.05, 4.69) is 10.3 Å². The van der Waals surface area contributed by atoms with Crippen LogP contribution >= 0.6 is 0 Å². The summed E-state index contributed by atoms with van der Waals surface area (Å²) in [5, 5.41) is 13.4. The van der Waals surface area contributed by atoms with Gasteiger partial charge in [0.05, 0.1) is 24.5 Å². The van der Waals surface area contributed by atoms with Crippen molar-refractivity contribution in [2.45, 2.75) is 13.0 Å². The van der Waals surface area contributed by atoms with Crippen molar-refractivity contribution in [1.82, 2.24) is 10.3 Å². The number of ether oxygens (including phenoxy) is 1. The Hall–Kier alpha value is -2.89. The standard InChI is InChI=1S/C20H20N2O4/c1-26-16-9-13(14-4-2-3-5-15(14)22-16)10-21-19(23)17-11-6-7-12(8-11)18(17)20(24)25/h2-7,9,11-12,17-18H,8,10H2,1H3,(H,21,23)(H,24,25)/t11-,12-,17-,18+/m0/s1. The summed E-state index contributed by atoms with van der Waals surface area (Å²) in [6.07, 6.45) is 4.68. The van der Waals surface area contributed by atoms with Crippen LogP contribution in [-0.2, 0) is 16.1 Å². The van der Waals surface area contributed by atoms with Gasteiger partial charge in [-0.2, -0.15) is 0 Å². The van der Waals surface area contributed by atoms with Crippen molar-refractivity contribution in [2.24, 2.45) is 23.7 Å². The van der Waals surface area contributed by atoms with Gasteiger partial charge in [-0.25, -0.2) is 4.98 Å². The molecule has 0 radical (unpaired) electrons. The summed E-state index contributed by atoms with van der Waals surface area (Å²) in [5.41, 5.74) is 1.69. The van der Waals surface area contributed by atoms with Crippen LogP contribution in [0.2, 0.25) is 0 Å². The molecular formula is C20H20N2O4. The Morgan fingerprint density at radius 2 is 1.96 bits per heavy atom. The van der Waals surface area contributed by atoms with E-state index in [1.807, 2.05) is 36.4 Å². The molecule has 1 fully saturated rings. The van der Waals surface area contributed by atoms with E-state index < -0.39 is 17.8 Å². The molecule has 0 saturated heterocycles. The number of para-hydroxylation sites is 1. The van der Waals surface area contributed by atoms with Crippen LogP contribution in [0.1, 0.15) is 12.0 Å². The van der Waals surface area contributed by atoms with Gasteiger partial charge in [0.2, 0.25) is 11.8 Å². The molecule has 0 spiro atoms. The molecule has 6 nitrogen and oxygen atoms in total. The number of pyridine rings is 1. The second-order valence-electron chi connectivity index (χ2n) is 6.90. The first-order valence-electron chi connectivity index (χ1n) is 8.70. The van der Waals surface area contributed by atoms with Gasteiger partial charge in [-0.1, -0.05) is 30.4 Å². The third-order valence-corrected chi connectivity index (χ3v) is 5.49. The molecule has 4 rings (SSSR count). The van der Waals surface area contributed by atoms with Crippen LogP contribution in [-0.4, -0.2) is 29.1 Å². The van der Waals surface area contributed by atoms with Gasteiger partial charge in [0.1, 0.15) is 0 Å². The fraction of sp³-hybridized carbons (Fsp3) is 0.350. The maximum absolute atomic E-state index is 12.8. The number of nitrogens with one attached hydrogen (secondary N) is 1. The second kappa shape index (κ2) is 6.44. The van der Waals surface area contributed by atoms with Crippen LogP contribution in [0.15, 0.2) is 42.5 Å². The quantitative estimate of drug-likeness (QED) is 0.807. The van der Waals surface area contributed by atoms with Gasteiger partial charge in [-0.3, -0.25) is 9.59 Å². The van der Waals surface area contributed by atoms with Crippen molar-refractivity contribution in [2.75, 3.05) is 7.11 Å². The fourth-order valence-corrected chi connectivity index (χ4v) is 4.29. The van der Waals surface area contributed by atoms with E-state index in [1.54, 1.807) is 13.2 Å². The van der Waals surface area contributed by atoms with E-state index in [0.717, 1.165) is 22.9 Å². The zero-order valence-corrected chi connectivity index (χ0v) is 14.4. The summed E-state index contributed by atoms with van der Waals surface area (Å²) in [5.74, 6) is -1.75. The van der Waals surface area contributed by atoms with Crippen LogP contribution in [0, 0.1) is 23.7 Å². The molecule has 4 atom stereocenters. The summed E-state index contributed by atoms with van der Waals surface area (Å²) in [6.45, 7) is 0.308. The van der Waals surface area contributed by atoms with E-state index in [9.17, 15) is 14.7 Å². The molecule has 0 unspecified atom stereocenters. The predicted octanol–water partition coefficient (Wildman–Crippen LogP) is 2.38. The highest BCUT2D eigenvalue weighted by Crippen LogP contribution is 2.48. The third kappa shape index (κ3) is 2.71. The van der Waals surface area contributed by atoms with Crippen LogP contribution in [0.4, 0.5) is 0 Å². The molecule has 1 aromatic heterocycles. The van der Waals surface area contributed by atoms with E-state index in [0.29, 0.717) is 12.4 Å². The van der Waals surface area contributed by atoms with Crippen LogP contribution in [0.5, 0.6) is 5.88 Å². The highest BCUT2D eigenvalue weighted by atomic mass is 16.5. The zero-order chi connectivity index (χ0) is 18.3. The lowest BCUT2D eigenvalue weighted by Gasteiger charge is -2.24. The van der Waals surface area contributed by atoms with Gasteiger partial charge in [0, 0.05) is 18.0 Å². The Bertz CT molecular complexity index is 908. The average Bonchev–Trinajstić information content (AvgIpc) is 3.27. The highest BCUT2D eigenvalue weighted by Gasteiger charge is 2.51. The number of hydrogen-bond donors (Lipinski definition) is 2. The Morgan fingerprint density at radius 3 is 2.69 bits per heavy atom. The van der Waals surface area contributed by atoms with Gasteiger partial charge in [0.15, 0.2) is 0 Å². The lowest BCUT2D eigenvalue weighted by atomic mass is 9.82. The molecule has 1 saturated carbocycles. The molecule has 2 aromatic rings. The number of carbonyl (C=O) groups is 2. The van der Waals surface area contributed by atoms with Crippen LogP contribution in [0.25, 0.3) is 10.9 Å². The molecule has 134 valence electrons. The number of hydrogen-bond acceptors (Lipinski definition) is 4. The minimum absolute atomic E-state index is 0.0184. The zero-order valence-electron chi connectivity index (χ0n) is 14.4. The van der Waals surface area contributed by atoms with Crippen LogP contribution < -0.4 is 10.1 Å². The summed E-state index contributed by atoms with van der Waals surface area (Å²) in [4.78, 5) is 28.8. The van der Waals surface area contributed by atoms with Gasteiger partial charge in [-0.05, 0) is 29.9 Å². The molecule has 1 aromatic carbocycles. The van der Waals surface area contributed by atoms with Crippen molar-refractivity contribution >= 4 is 22.8 Å². The van der Waals surface area contributed by atoms with E-state index in [4.69, 9.17) is 4.74 Å². The number of methoxy groups -OCH3 is 1. The molecule has 1 amide bonds. The lowest BCUT2D eigenvalue weighted by molar-refractivity contribution is -0.147. The molecule has 0 aliphatic heterocycles. The molecule has 1 heterocycles. The molecule has 6 heteroatoms. The Labute approximate surface area is 150 Å². The summed E-state index contributed by atoms with van der Waals surface area (Å²) in [7, 11) is 1.55. The number of carboxylic acid groups (broad SMARTS) is 1. The first-order chi connectivity index (χ1) is 12.6. The Kier molecular flexibility index (Phi) is 4.11. The number of fused-ring (bicyclic) bond motifs is 3. The van der Waals surface area contributed by atoms with Gasteiger partial charge in [0.25, 0.3) is 0 Å². The number of rotatable bonds is 5. The average molecular weight is 352 g/mol. The minimum atomic E-state index is -0.891. The fourth-order valence-electron chi connectivity index (χ4n) is 4.29. The summed E-state index contributed by atoms with van der Waals surface area (Å²) < 4.78 is 5.25. The predicted molar refractivity (Wildman–Crippen MR) is 95.5 cm³/mol. The Balaban J connectivity index is 1.56. The third-order valence-electron chi connectivity index (χ3n) is 5.49. The van der Waals surface area contributed by atoms with E-state index in [-0.39, 0.29) is 17.7 Å². The maximum Gasteiger partial charge on any atom is 0.307 e. The first-order valence-corrected chi connectivity index (χ1v) is 8.70. The molecule has 2 aliphatic carbocycles. The topological polar surface area (TPSA) is 88.5 Å².